The van der Waals surface area contributed by atoms with Gasteiger partial charge in [0.25, 0.3) is 0 Å². The predicted molar refractivity (Wildman–Crippen MR) is 52.0 cm³/mol. The predicted octanol–water partition coefficient (Wildman–Crippen LogP) is -1.86. The minimum atomic E-state index is -3.47. The van der Waals surface area contributed by atoms with E-state index in [0.717, 1.165) is 12.8 Å². The second kappa shape index (κ2) is 4.72. The van der Waals surface area contributed by atoms with Crippen LogP contribution in [0.25, 0.3) is 0 Å². The first kappa shape index (κ1) is 11.4. The van der Waals surface area contributed by atoms with Crippen molar-refractivity contribution in [3.8, 4) is 0 Å². The van der Waals surface area contributed by atoms with Gasteiger partial charge in [0.05, 0.1) is 12.3 Å². The van der Waals surface area contributed by atoms with Crippen molar-refractivity contribution < 1.29 is 13.2 Å². The Bertz CT molecular complexity index is 297. The van der Waals surface area contributed by atoms with Crippen LogP contribution in [0.15, 0.2) is 0 Å². The summed E-state index contributed by atoms with van der Waals surface area (Å²) in [5.74, 6) is -0.414. The fourth-order valence-electron chi connectivity index (χ4n) is 0.920. The molecule has 4 N–H and O–H groups in total. The van der Waals surface area contributed by atoms with E-state index in [2.05, 4.69) is 10.6 Å². The maximum atomic E-state index is 11.1. The first-order chi connectivity index (χ1) is 6.47. The molecule has 1 fully saturated rings. The van der Waals surface area contributed by atoms with Crippen molar-refractivity contribution in [2.75, 3.05) is 18.8 Å². The molecule has 0 unspecified atom stereocenters. The lowest BCUT2D eigenvalue weighted by molar-refractivity contribution is -0.120. The highest BCUT2D eigenvalue weighted by Gasteiger charge is 2.20. The van der Waals surface area contributed by atoms with Gasteiger partial charge in [-0.15, -0.1) is 0 Å². The molecule has 1 aliphatic carbocycles. The summed E-state index contributed by atoms with van der Waals surface area (Å²) in [5.41, 5.74) is 0. The van der Waals surface area contributed by atoms with E-state index in [9.17, 15) is 13.2 Å². The van der Waals surface area contributed by atoms with Crippen molar-refractivity contribution in [1.82, 2.24) is 10.6 Å². The molecule has 0 bridgehead atoms. The lowest BCUT2D eigenvalue weighted by atomic mass is 10.5. The summed E-state index contributed by atoms with van der Waals surface area (Å²) in [6.07, 6.45) is 2.23. The van der Waals surface area contributed by atoms with Gasteiger partial charge in [-0.05, 0) is 12.8 Å². The molecule has 14 heavy (non-hydrogen) atoms. The molecule has 0 aromatic rings. The number of amides is 1. The zero-order valence-electron chi connectivity index (χ0n) is 7.82. The van der Waals surface area contributed by atoms with Crippen LogP contribution < -0.4 is 15.8 Å². The van der Waals surface area contributed by atoms with Crippen molar-refractivity contribution in [2.45, 2.75) is 18.9 Å². The first-order valence-electron chi connectivity index (χ1n) is 4.48. The molecule has 0 atom stereocenters. The minimum Gasteiger partial charge on any atom is -0.354 e. The number of rotatable bonds is 6. The monoisotopic (exact) mass is 221 g/mol. The summed E-state index contributed by atoms with van der Waals surface area (Å²) in [4.78, 5) is 11.1. The second-order valence-electron chi connectivity index (χ2n) is 3.37. The molecule has 0 aromatic heterocycles. The van der Waals surface area contributed by atoms with Crippen LogP contribution in [0.2, 0.25) is 0 Å². The van der Waals surface area contributed by atoms with Gasteiger partial charge in [0.1, 0.15) is 0 Å². The number of primary sulfonamides is 1. The van der Waals surface area contributed by atoms with Crippen LogP contribution >= 0.6 is 0 Å². The Labute approximate surface area is 83.3 Å². The number of hydrogen-bond donors (Lipinski definition) is 3. The molecule has 1 rings (SSSR count). The largest absolute Gasteiger partial charge is 0.354 e. The van der Waals surface area contributed by atoms with Gasteiger partial charge in [-0.25, -0.2) is 13.6 Å². The standard InChI is InChI=1S/C7H15N3O3S/c8-14(12,13)4-3-9-7(11)5-10-6-1-2-6/h6,10H,1-5H2,(H,9,11)(H2,8,12,13). The topological polar surface area (TPSA) is 101 Å². The van der Waals surface area contributed by atoms with Crippen molar-refractivity contribution in [3.05, 3.63) is 0 Å². The fourth-order valence-corrected chi connectivity index (χ4v) is 1.31. The molecule has 1 aliphatic rings. The van der Waals surface area contributed by atoms with E-state index >= 15 is 0 Å². The lowest BCUT2D eigenvalue weighted by Crippen LogP contribution is -2.37. The molecule has 0 radical (unpaired) electrons. The zero-order valence-corrected chi connectivity index (χ0v) is 8.64. The van der Waals surface area contributed by atoms with E-state index in [4.69, 9.17) is 5.14 Å². The molecule has 0 heterocycles. The van der Waals surface area contributed by atoms with Crippen LogP contribution in [-0.4, -0.2) is 39.2 Å². The third-order valence-corrected chi connectivity index (χ3v) is 2.61. The molecule has 1 saturated carbocycles. The molecule has 0 aromatic carbocycles. The van der Waals surface area contributed by atoms with E-state index in [1.165, 1.54) is 0 Å². The number of hydrogen-bond acceptors (Lipinski definition) is 4. The molecular formula is C7H15N3O3S. The Morgan fingerprint density at radius 2 is 2.07 bits per heavy atom. The fraction of sp³-hybridized carbons (Fsp3) is 0.857. The highest BCUT2D eigenvalue weighted by molar-refractivity contribution is 7.89. The van der Waals surface area contributed by atoms with E-state index < -0.39 is 10.0 Å². The van der Waals surface area contributed by atoms with Crippen LogP contribution in [0.4, 0.5) is 0 Å². The highest BCUT2D eigenvalue weighted by atomic mass is 32.2. The summed E-state index contributed by atoms with van der Waals surface area (Å²) in [6, 6.07) is 0.471. The summed E-state index contributed by atoms with van der Waals surface area (Å²) in [5, 5.41) is 10.2. The number of carbonyl (C=O) groups excluding carboxylic acids is 1. The molecule has 0 saturated heterocycles. The van der Waals surface area contributed by atoms with Gasteiger partial charge in [0, 0.05) is 12.6 Å². The maximum Gasteiger partial charge on any atom is 0.233 e. The SMILES string of the molecule is NS(=O)(=O)CCNC(=O)CNC1CC1. The molecule has 1 amide bonds. The minimum absolute atomic E-state index is 0.0734. The van der Waals surface area contributed by atoms with Gasteiger partial charge in [-0.1, -0.05) is 0 Å². The van der Waals surface area contributed by atoms with E-state index in [0.29, 0.717) is 6.04 Å². The number of nitrogens with one attached hydrogen (secondary N) is 2. The van der Waals surface area contributed by atoms with E-state index in [1.807, 2.05) is 0 Å². The van der Waals surface area contributed by atoms with Crippen molar-refractivity contribution in [2.24, 2.45) is 5.14 Å². The number of carbonyl (C=O) groups is 1. The number of sulfonamides is 1. The van der Waals surface area contributed by atoms with Gasteiger partial charge in [0.15, 0.2) is 0 Å². The van der Waals surface area contributed by atoms with Crippen molar-refractivity contribution in [1.29, 1.82) is 0 Å². The average molecular weight is 221 g/mol. The number of nitrogens with two attached hydrogens (primary N) is 1. The summed E-state index contributed by atoms with van der Waals surface area (Å²) < 4.78 is 21.0. The molecule has 6 nitrogen and oxygen atoms in total. The van der Waals surface area contributed by atoms with Crippen molar-refractivity contribution >= 4 is 15.9 Å². The second-order valence-corrected chi connectivity index (χ2v) is 5.11. The van der Waals surface area contributed by atoms with Gasteiger partial charge < -0.3 is 10.6 Å². The van der Waals surface area contributed by atoms with Gasteiger partial charge in [-0.2, -0.15) is 0 Å². The quantitative estimate of drug-likeness (QED) is 0.489. The van der Waals surface area contributed by atoms with Crippen LogP contribution in [0.3, 0.4) is 0 Å². The first-order valence-corrected chi connectivity index (χ1v) is 6.19. The molecule has 0 aliphatic heterocycles. The zero-order chi connectivity index (χ0) is 10.6. The maximum absolute atomic E-state index is 11.1. The Morgan fingerprint density at radius 1 is 1.43 bits per heavy atom. The summed E-state index contributed by atoms with van der Waals surface area (Å²) >= 11 is 0. The van der Waals surface area contributed by atoms with Crippen molar-refractivity contribution in [3.63, 3.8) is 0 Å². The van der Waals surface area contributed by atoms with E-state index in [-0.39, 0.29) is 24.7 Å². The van der Waals surface area contributed by atoms with E-state index in [1.54, 1.807) is 0 Å². The Hall–Kier alpha value is -0.660. The molecule has 0 spiro atoms. The third-order valence-electron chi connectivity index (χ3n) is 1.84. The van der Waals surface area contributed by atoms with Gasteiger partial charge >= 0.3 is 0 Å². The Morgan fingerprint density at radius 3 is 2.57 bits per heavy atom. The average Bonchev–Trinajstić information content (AvgIpc) is 2.81. The molecular weight excluding hydrogens is 206 g/mol. The Kier molecular flexibility index (Phi) is 3.85. The smallest absolute Gasteiger partial charge is 0.233 e. The van der Waals surface area contributed by atoms with Crippen LogP contribution in [0.5, 0.6) is 0 Å². The van der Waals surface area contributed by atoms with Gasteiger partial charge in [0.2, 0.25) is 15.9 Å². The third kappa shape index (κ3) is 5.90. The van der Waals surface area contributed by atoms with Gasteiger partial charge in [-0.3, -0.25) is 4.79 Å². The molecule has 82 valence electrons. The normalized spacial score (nSPS) is 16.6. The lowest BCUT2D eigenvalue weighted by Gasteiger charge is -2.04. The van der Waals surface area contributed by atoms with Crippen LogP contribution in [0.1, 0.15) is 12.8 Å². The van der Waals surface area contributed by atoms with Crippen LogP contribution in [0, 0.1) is 0 Å². The Balaban J connectivity index is 2.02. The molecule has 7 heteroatoms. The highest BCUT2D eigenvalue weighted by Crippen LogP contribution is 2.17. The van der Waals surface area contributed by atoms with Crippen LogP contribution in [-0.2, 0) is 14.8 Å². The summed E-state index contributed by atoms with van der Waals surface area (Å²) in [6.45, 7) is 0.319. The summed E-state index contributed by atoms with van der Waals surface area (Å²) in [7, 11) is -3.47.